The van der Waals surface area contributed by atoms with Gasteiger partial charge in [-0.1, -0.05) is 81.4 Å². The van der Waals surface area contributed by atoms with Crippen LogP contribution < -0.4 is 0 Å². The van der Waals surface area contributed by atoms with Crippen molar-refractivity contribution < 1.29 is 4.42 Å². The van der Waals surface area contributed by atoms with Crippen LogP contribution in [0.25, 0.3) is 67.4 Å². The maximum Gasteiger partial charge on any atom is 0.182 e. The number of benzene rings is 4. The minimum absolute atomic E-state index is 0.157. The highest BCUT2D eigenvalue weighted by molar-refractivity contribution is 6.10. The van der Waals surface area contributed by atoms with Crippen molar-refractivity contribution in [3.8, 4) is 45.4 Å². The Labute approximate surface area is 244 Å². The first-order valence-electron chi connectivity index (χ1n) is 14.4. The Morgan fingerprint density at radius 2 is 1.43 bits per heavy atom. The average molecular weight is 545 g/mol. The van der Waals surface area contributed by atoms with Crippen LogP contribution in [0.5, 0.6) is 0 Å². The predicted molar refractivity (Wildman–Crippen MR) is 168 cm³/mol. The fourth-order valence-electron chi connectivity index (χ4n) is 6.50. The molecule has 0 unspecified atom stereocenters. The predicted octanol–water partition coefficient (Wildman–Crippen LogP) is 9.04. The van der Waals surface area contributed by atoms with Gasteiger partial charge in [0, 0.05) is 39.1 Å². The van der Waals surface area contributed by atoms with Gasteiger partial charge in [0.05, 0.1) is 0 Å². The molecule has 0 aliphatic heterocycles. The lowest BCUT2D eigenvalue weighted by molar-refractivity contribution is 0.620. The lowest BCUT2D eigenvalue weighted by Gasteiger charge is -2.21. The number of fused-ring (bicyclic) bond motifs is 7. The summed E-state index contributed by atoms with van der Waals surface area (Å²) in [6.07, 6.45) is 2.65. The molecule has 0 saturated carbocycles. The van der Waals surface area contributed by atoms with Crippen LogP contribution in [-0.4, -0.2) is 19.9 Å². The molecule has 0 N–H and O–H groups in total. The van der Waals surface area contributed by atoms with E-state index in [0.717, 1.165) is 39.5 Å². The Bertz CT molecular complexity index is 2160. The van der Waals surface area contributed by atoms with Gasteiger partial charge in [-0.3, -0.25) is 4.98 Å². The maximum absolute atomic E-state index is 6.61. The summed E-state index contributed by atoms with van der Waals surface area (Å²) in [5, 5.41) is 2.15. The van der Waals surface area contributed by atoms with Crippen molar-refractivity contribution in [1.82, 2.24) is 19.9 Å². The summed E-state index contributed by atoms with van der Waals surface area (Å²) in [6.45, 7) is 6.72. The Hall–Kier alpha value is -5.16. The number of nitrogens with zero attached hydrogens (tertiary/aromatic N) is 4. The summed E-state index contributed by atoms with van der Waals surface area (Å²) in [7, 11) is 0. The summed E-state index contributed by atoms with van der Waals surface area (Å²) in [6, 6.07) is 33.4. The molecule has 42 heavy (non-hydrogen) atoms. The van der Waals surface area contributed by atoms with E-state index in [1.165, 1.54) is 27.8 Å². The standard InChI is InChI=1S/C37H28N4O/c1-4-22-11-5-6-12-24(22)35-39-34(40-36(41-35)30-15-9-10-20-38-30)23-16-19-31-28(21-23)27-18-17-26-25-13-7-8-14-29(25)37(2,3)32(26)33(27)42-31/h5-21H,4H2,1-3H3. The van der Waals surface area contributed by atoms with Gasteiger partial charge in [0.25, 0.3) is 0 Å². The molecule has 7 aromatic rings. The number of aryl methyl sites for hydroxylation is 1. The fourth-order valence-corrected chi connectivity index (χ4v) is 6.50. The molecule has 0 atom stereocenters. The monoisotopic (exact) mass is 544 g/mol. The van der Waals surface area contributed by atoms with E-state index in [1.807, 2.05) is 36.4 Å². The first-order chi connectivity index (χ1) is 20.5. The Morgan fingerprint density at radius 1 is 0.667 bits per heavy atom. The molecule has 0 saturated heterocycles. The van der Waals surface area contributed by atoms with Crippen LogP contribution in [0.3, 0.4) is 0 Å². The van der Waals surface area contributed by atoms with Gasteiger partial charge in [0.1, 0.15) is 16.9 Å². The van der Waals surface area contributed by atoms with Crippen molar-refractivity contribution >= 4 is 21.9 Å². The zero-order valence-corrected chi connectivity index (χ0v) is 23.7. The Kier molecular flexibility index (Phi) is 5.38. The lowest BCUT2D eigenvalue weighted by Crippen LogP contribution is -2.15. The third-order valence-electron chi connectivity index (χ3n) is 8.58. The summed E-state index contributed by atoms with van der Waals surface area (Å²) >= 11 is 0. The largest absolute Gasteiger partial charge is 0.456 e. The molecule has 0 fully saturated rings. The highest BCUT2D eigenvalue weighted by atomic mass is 16.3. The van der Waals surface area contributed by atoms with Crippen LogP contribution in [0, 0.1) is 0 Å². The summed E-state index contributed by atoms with van der Waals surface area (Å²) in [5.74, 6) is 1.81. The van der Waals surface area contributed by atoms with Gasteiger partial charge in [0.15, 0.2) is 17.5 Å². The van der Waals surface area contributed by atoms with E-state index in [9.17, 15) is 0 Å². The molecule has 3 heterocycles. The van der Waals surface area contributed by atoms with Crippen LogP contribution in [0.4, 0.5) is 0 Å². The molecular weight excluding hydrogens is 516 g/mol. The zero-order chi connectivity index (χ0) is 28.4. The van der Waals surface area contributed by atoms with E-state index in [-0.39, 0.29) is 5.41 Å². The van der Waals surface area contributed by atoms with Crippen molar-refractivity contribution in [1.29, 1.82) is 0 Å². The van der Waals surface area contributed by atoms with Crippen molar-refractivity contribution in [2.75, 3.05) is 0 Å². The topological polar surface area (TPSA) is 64.7 Å². The maximum atomic E-state index is 6.61. The lowest BCUT2D eigenvalue weighted by atomic mass is 9.82. The van der Waals surface area contributed by atoms with E-state index < -0.39 is 0 Å². The van der Waals surface area contributed by atoms with Gasteiger partial charge < -0.3 is 4.42 Å². The average Bonchev–Trinajstić information content (AvgIpc) is 3.53. The second-order valence-electron chi connectivity index (χ2n) is 11.4. The van der Waals surface area contributed by atoms with Gasteiger partial charge in [0.2, 0.25) is 0 Å². The molecular formula is C37H28N4O. The highest BCUT2D eigenvalue weighted by Gasteiger charge is 2.38. The second kappa shape index (κ2) is 9.18. The smallest absolute Gasteiger partial charge is 0.182 e. The minimum Gasteiger partial charge on any atom is -0.456 e. The van der Waals surface area contributed by atoms with Crippen molar-refractivity contribution in [3.05, 3.63) is 120 Å². The number of hydrogen-bond donors (Lipinski definition) is 0. The second-order valence-corrected chi connectivity index (χ2v) is 11.4. The molecule has 0 radical (unpaired) electrons. The molecule has 0 spiro atoms. The molecule has 1 aliphatic rings. The SMILES string of the molecule is CCc1ccccc1-c1nc(-c2ccc3oc4c5c(ccc4c3c2)-c2ccccc2C5(C)C)nc(-c2ccccn2)n1. The summed E-state index contributed by atoms with van der Waals surface area (Å²) < 4.78 is 6.61. The number of rotatable bonds is 4. The van der Waals surface area contributed by atoms with Crippen LogP contribution in [-0.2, 0) is 11.8 Å². The first kappa shape index (κ1) is 24.6. The molecule has 8 rings (SSSR count). The van der Waals surface area contributed by atoms with E-state index >= 15 is 0 Å². The van der Waals surface area contributed by atoms with Gasteiger partial charge in [-0.15, -0.1) is 0 Å². The molecule has 0 amide bonds. The van der Waals surface area contributed by atoms with E-state index in [1.54, 1.807) is 6.20 Å². The van der Waals surface area contributed by atoms with E-state index in [0.29, 0.717) is 23.2 Å². The van der Waals surface area contributed by atoms with E-state index in [2.05, 4.69) is 86.4 Å². The van der Waals surface area contributed by atoms with Crippen molar-refractivity contribution in [3.63, 3.8) is 0 Å². The Morgan fingerprint density at radius 3 is 2.26 bits per heavy atom. The van der Waals surface area contributed by atoms with E-state index in [4.69, 9.17) is 19.4 Å². The normalized spacial score (nSPS) is 13.4. The summed E-state index contributed by atoms with van der Waals surface area (Å²) in [5.41, 5.74) is 10.6. The van der Waals surface area contributed by atoms with Gasteiger partial charge in [-0.2, -0.15) is 0 Å². The molecule has 3 aromatic heterocycles. The Balaban J connectivity index is 1.33. The molecule has 0 bridgehead atoms. The van der Waals surface area contributed by atoms with Crippen molar-refractivity contribution in [2.45, 2.75) is 32.6 Å². The van der Waals surface area contributed by atoms with Crippen LogP contribution in [0.2, 0.25) is 0 Å². The van der Waals surface area contributed by atoms with Gasteiger partial charge in [-0.25, -0.2) is 15.0 Å². The van der Waals surface area contributed by atoms with Crippen LogP contribution in [0.15, 0.2) is 108 Å². The minimum atomic E-state index is -0.157. The third-order valence-corrected chi connectivity index (χ3v) is 8.58. The van der Waals surface area contributed by atoms with Crippen LogP contribution in [0.1, 0.15) is 37.5 Å². The van der Waals surface area contributed by atoms with Crippen LogP contribution >= 0.6 is 0 Å². The first-order valence-corrected chi connectivity index (χ1v) is 14.4. The molecule has 1 aliphatic carbocycles. The fraction of sp³-hybridized carbons (Fsp3) is 0.135. The van der Waals surface area contributed by atoms with Gasteiger partial charge >= 0.3 is 0 Å². The number of aromatic nitrogens is 4. The number of furan rings is 1. The molecule has 5 nitrogen and oxygen atoms in total. The third kappa shape index (κ3) is 3.63. The van der Waals surface area contributed by atoms with Crippen molar-refractivity contribution in [2.24, 2.45) is 0 Å². The number of hydrogen-bond acceptors (Lipinski definition) is 5. The number of pyridine rings is 1. The zero-order valence-electron chi connectivity index (χ0n) is 23.7. The molecule has 4 aromatic carbocycles. The van der Waals surface area contributed by atoms with Gasteiger partial charge in [-0.05, 0) is 65.1 Å². The quantitative estimate of drug-likeness (QED) is 0.221. The summed E-state index contributed by atoms with van der Waals surface area (Å²) in [4.78, 5) is 19.3. The molecule has 202 valence electrons. The molecule has 5 heteroatoms. The highest BCUT2D eigenvalue weighted by Crippen LogP contribution is 2.52.